The van der Waals surface area contributed by atoms with Crippen molar-refractivity contribution >= 4 is 40.0 Å². The number of hydrogen-bond donors (Lipinski definition) is 3. The normalized spacial score (nSPS) is 10.4. The van der Waals surface area contributed by atoms with Crippen molar-refractivity contribution in [3.05, 3.63) is 66.4 Å². The fourth-order valence-corrected chi connectivity index (χ4v) is 2.99. The van der Waals surface area contributed by atoms with Crippen molar-refractivity contribution < 1.29 is 14.3 Å². The zero-order chi connectivity index (χ0) is 21.3. The van der Waals surface area contributed by atoms with Crippen molar-refractivity contribution in [3.8, 4) is 5.75 Å². The molecule has 0 fully saturated rings. The van der Waals surface area contributed by atoms with Gasteiger partial charge in [-0.1, -0.05) is 31.5 Å². The quantitative estimate of drug-likeness (QED) is 0.308. The number of thiocarbonyl (C=S) groups is 1. The summed E-state index contributed by atoms with van der Waals surface area (Å²) in [7, 11) is 0. The number of ether oxygens (including phenoxy) is 1. The number of amides is 2. The minimum atomic E-state index is -0.377. The number of nitrogens with zero attached hydrogens (tertiary/aromatic N) is 1. The lowest BCUT2D eigenvalue weighted by atomic mass is 10.2. The number of hydrazine groups is 1. The molecular formula is C22H24N4O3S. The Morgan fingerprint density at radius 2 is 1.80 bits per heavy atom. The van der Waals surface area contributed by atoms with E-state index in [0.717, 1.165) is 23.7 Å². The predicted molar refractivity (Wildman–Crippen MR) is 120 cm³/mol. The topological polar surface area (TPSA) is 84.4 Å². The van der Waals surface area contributed by atoms with Crippen molar-refractivity contribution in [1.82, 2.24) is 20.7 Å². The largest absolute Gasteiger partial charge is 0.494 e. The molecule has 3 rings (SSSR count). The standard InChI is InChI=1S/C22H24N4O3S/c1-2-3-14-29-18-10-8-17(9-11-18)21(28)23-22(30)25-24-20(27)15-26-13-12-16-6-4-5-7-19(16)26/h4-13H,2-3,14-15H2,1H3,(H,24,27)(H2,23,25,28,30). The summed E-state index contributed by atoms with van der Waals surface area (Å²) in [5, 5.41) is 3.60. The number of aromatic nitrogens is 1. The second kappa shape index (κ2) is 10.4. The molecule has 3 N–H and O–H groups in total. The van der Waals surface area contributed by atoms with Gasteiger partial charge in [-0.05, 0) is 60.4 Å². The molecule has 0 unspecified atom stereocenters. The lowest BCUT2D eigenvalue weighted by molar-refractivity contribution is -0.122. The molecule has 0 saturated heterocycles. The van der Waals surface area contributed by atoms with Crippen LogP contribution >= 0.6 is 12.2 Å². The third-order valence-corrected chi connectivity index (χ3v) is 4.62. The third-order valence-electron chi connectivity index (χ3n) is 4.42. The number of rotatable bonds is 7. The molecule has 1 heterocycles. The van der Waals surface area contributed by atoms with Gasteiger partial charge in [0.15, 0.2) is 5.11 Å². The van der Waals surface area contributed by atoms with E-state index in [1.54, 1.807) is 24.3 Å². The molecule has 0 aliphatic rings. The molecule has 2 aromatic carbocycles. The molecule has 3 aromatic rings. The van der Waals surface area contributed by atoms with Gasteiger partial charge in [-0.3, -0.25) is 25.8 Å². The molecule has 0 aliphatic heterocycles. The van der Waals surface area contributed by atoms with Gasteiger partial charge < -0.3 is 9.30 Å². The van der Waals surface area contributed by atoms with E-state index in [0.29, 0.717) is 17.9 Å². The van der Waals surface area contributed by atoms with Crippen LogP contribution < -0.4 is 20.9 Å². The number of hydrogen-bond acceptors (Lipinski definition) is 4. The average molecular weight is 425 g/mol. The summed E-state index contributed by atoms with van der Waals surface area (Å²) in [4.78, 5) is 24.5. The fraction of sp³-hybridized carbons (Fsp3) is 0.227. The molecule has 2 amide bonds. The van der Waals surface area contributed by atoms with Gasteiger partial charge in [0.25, 0.3) is 11.8 Å². The Bertz CT molecular complexity index is 1030. The van der Waals surface area contributed by atoms with Gasteiger partial charge in [0.05, 0.1) is 6.61 Å². The van der Waals surface area contributed by atoms with Crippen LogP contribution in [0.5, 0.6) is 5.75 Å². The molecule has 0 saturated carbocycles. The second-order valence-corrected chi connectivity index (χ2v) is 7.09. The summed E-state index contributed by atoms with van der Waals surface area (Å²) in [6, 6.07) is 16.5. The first kappa shape index (κ1) is 21.3. The van der Waals surface area contributed by atoms with Crippen LogP contribution in [0.2, 0.25) is 0 Å². The highest BCUT2D eigenvalue weighted by molar-refractivity contribution is 7.80. The molecule has 0 bridgehead atoms. The van der Waals surface area contributed by atoms with E-state index in [1.165, 1.54) is 0 Å². The van der Waals surface area contributed by atoms with Gasteiger partial charge in [0.2, 0.25) is 0 Å². The Morgan fingerprint density at radius 1 is 1.03 bits per heavy atom. The van der Waals surface area contributed by atoms with Crippen molar-refractivity contribution in [2.75, 3.05) is 6.61 Å². The second-order valence-electron chi connectivity index (χ2n) is 6.69. The van der Waals surface area contributed by atoms with Crippen LogP contribution in [0.3, 0.4) is 0 Å². The van der Waals surface area contributed by atoms with Gasteiger partial charge in [0.1, 0.15) is 12.3 Å². The van der Waals surface area contributed by atoms with Crippen LogP contribution in [0, 0.1) is 0 Å². The minimum absolute atomic E-state index is 0.00832. The van der Waals surface area contributed by atoms with Crippen LogP contribution in [0.25, 0.3) is 10.9 Å². The number of para-hydroxylation sites is 1. The molecule has 0 radical (unpaired) electrons. The summed E-state index contributed by atoms with van der Waals surface area (Å²) < 4.78 is 7.41. The van der Waals surface area contributed by atoms with Crippen molar-refractivity contribution in [3.63, 3.8) is 0 Å². The molecule has 30 heavy (non-hydrogen) atoms. The van der Waals surface area contributed by atoms with E-state index in [1.807, 2.05) is 41.1 Å². The maximum absolute atomic E-state index is 12.3. The van der Waals surface area contributed by atoms with Crippen LogP contribution in [0.1, 0.15) is 30.1 Å². The van der Waals surface area contributed by atoms with Gasteiger partial charge in [-0.25, -0.2) is 0 Å². The summed E-state index contributed by atoms with van der Waals surface area (Å²) in [5.74, 6) is 0.0466. The zero-order valence-corrected chi connectivity index (χ0v) is 17.5. The Hall–Kier alpha value is -3.39. The maximum atomic E-state index is 12.3. The Balaban J connectivity index is 1.44. The Morgan fingerprint density at radius 3 is 2.57 bits per heavy atom. The van der Waals surface area contributed by atoms with Crippen molar-refractivity contribution in [2.45, 2.75) is 26.3 Å². The fourth-order valence-electron chi connectivity index (χ4n) is 2.84. The van der Waals surface area contributed by atoms with Gasteiger partial charge in [-0.2, -0.15) is 0 Å². The average Bonchev–Trinajstić information content (AvgIpc) is 3.16. The number of benzene rings is 2. The van der Waals surface area contributed by atoms with Gasteiger partial charge in [-0.15, -0.1) is 0 Å². The SMILES string of the molecule is CCCCOc1ccc(C(=O)NC(=S)NNC(=O)Cn2ccc3ccccc32)cc1. The number of carbonyl (C=O) groups is 2. The van der Waals surface area contributed by atoms with E-state index in [4.69, 9.17) is 17.0 Å². The van der Waals surface area contributed by atoms with Crippen LogP contribution in [0.15, 0.2) is 60.8 Å². The molecule has 7 nitrogen and oxygen atoms in total. The first-order chi connectivity index (χ1) is 14.6. The third kappa shape index (κ3) is 5.81. The number of fused-ring (bicyclic) bond motifs is 1. The van der Waals surface area contributed by atoms with Gasteiger partial charge in [0, 0.05) is 17.3 Å². The number of carbonyl (C=O) groups excluding carboxylic acids is 2. The van der Waals surface area contributed by atoms with E-state index in [2.05, 4.69) is 23.1 Å². The monoisotopic (exact) mass is 424 g/mol. The van der Waals surface area contributed by atoms with Gasteiger partial charge >= 0.3 is 0 Å². The number of nitrogens with one attached hydrogen (secondary N) is 3. The molecule has 0 aliphatic carbocycles. The molecule has 0 atom stereocenters. The van der Waals surface area contributed by atoms with E-state index in [9.17, 15) is 9.59 Å². The van der Waals surface area contributed by atoms with Crippen LogP contribution in [-0.2, 0) is 11.3 Å². The maximum Gasteiger partial charge on any atom is 0.258 e. The van der Waals surface area contributed by atoms with E-state index >= 15 is 0 Å². The van der Waals surface area contributed by atoms with E-state index < -0.39 is 0 Å². The molecule has 8 heteroatoms. The van der Waals surface area contributed by atoms with Crippen LogP contribution in [-0.4, -0.2) is 28.1 Å². The van der Waals surface area contributed by atoms with Crippen molar-refractivity contribution in [1.29, 1.82) is 0 Å². The Labute approximate surface area is 180 Å². The summed E-state index contributed by atoms with van der Waals surface area (Å²) in [6.07, 6.45) is 3.89. The molecule has 0 spiro atoms. The summed E-state index contributed by atoms with van der Waals surface area (Å²) in [5.41, 5.74) is 6.45. The minimum Gasteiger partial charge on any atom is -0.494 e. The van der Waals surface area contributed by atoms with E-state index in [-0.39, 0.29) is 23.5 Å². The molecule has 156 valence electrons. The highest BCUT2D eigenvalue weighted by Crippen LogP contribution is 2.15. The summed E-state index contributed by atoms with van der Waals surface area (Å²) in [6.45, 7) is 2.86. The predicted octanol–water partition coefficient (Wildman–Crippen LogP) is 3.16. The first-order valence-corrected chi connectivity index (χ1v) is 10.1. The lowest BCUT2D eigenvalue weighted by Crippen LogP contribution is -2.49. The summed E-state index contributed by atoms with van der Waals surface area (Å²) >= 11 is 5.08. The molecule has 1 aromatic heterocycles. The Kier molecular flexibility index (Phi) is 7.40. The highest BCUT2D eigenvalue weighted by Gasteiger charge is 2.10. The highest BCUT2D eigenvalue weighted by atomic mass is 32.1. The lowest BCUT2D eigenvalue weighted by Gasteiger charge is -2.12. The van der Waals surface area contributed by atoms with Crippen LogP contribution in [0.4, 0.5) is 0 Å². The first-order valence-electron chi connectivity index (χ1n) is 9.73. The van der Waals surface area contributed by atoms with Crippen molar-refractivity contribution in [2.24, 2.45) is 0 Å². The smallest absolute Gasteiger partial charge is 0.258 e. The number of unbranched alkanes of at least 4 members (excludes halogenated alkanes) is 1. The zero-order valence-electron chi connectivity index (χ0n) is 16.7. The molecular weight excluding hydrogens is 400 g/mol.